The van der Waals surface area contributed by atoms with E-state index in [-0.39, 0.29) is 5.91 Å². The fraction of sp³-hybridized carbons (Fsp3) is 0.333. The highest BCUT2D eigenvalue weighted by Gasteiger charge is 2.19. The molecule has 25 heavy (non-hydrogen) atoms. The molecular weight excluding hydrogens is 361 g/mol. The van der Waals surface area contributed by atoms with Crippen LogP contribution in [0, 0.1) is 0 Å². The van der Waals surface area contributed by atoms with Gasteiger partial charge in [0.15, 0.2) is 0 Å². The molecule has 132 valence electrons. The molecule has 1 fully saturated rings. The molecule has 1 amide bonds. The van der Waals surface area contributed by atoms with Crippen molar-refractivity contribution in [1.29, 1.82) is 0 Å². The lowest BCUT2D eigenvalue weighted by atomic mass is 10.1. The van der Waals surface area contributed by atoms with Gasteiger partial charge in [-0.1, -0.05) is 29.3 Å². The number of benzene rings is 1. The molecule has 1 aromatic heterocycles. The van der Waals surface area contributed by atoms with Gasteiger partial charge in [0.1, 0.15) is 5.69 Å². The molecule has 1 aromatic carbocycles. The van der Waals surface area contributed by atoms with Gasteiger partial charge in [-0.3, -0.25) is 9.78 Å². The first-order chi connectivity index (χ1) is 12.1. The smallest absolute Gasteiger partial charge is 0.272 e. The summed E-state index contributed by atoms with van der Waals surface area (Å²) >= 11 is 12.1. The van der Waals surface area contributed by atoms with Crippen molar-refractivity contribution in [3.8, 4) is 0 Å². The number of rotatable bonds is 5. The lowest BCUT2D eigenvalue weighted by Crippen LogP contribution is -2.41. The van der Waals surface area contributed by atoms with Crippen LogP contribution in [-0.4, -0.2) is 48.6 Å². The average Bonchev–Trinajstić information content (AvgIpc) is 2.64. The summed E-state index contributed by atoms with van der Waals surface area (Å²) in [4.78, 5) is 18.4. The fourth-order valence-electron chi connectivity index (χ4n) is 2.65. The molecule has 1 aliphatic heterocycles. The van der Waals surface area contributed by atoms with Gasteiger partial charge < -0.3 is 15.0 Å². The van der Waals surface area contributed by atoms with Gasteiger partial charge in [0.05, 0.1) is 13.2 Å². The Morgan fingerprint density at radius 2 is 2.00 bits per heavy atom. The Labute approximate surface area is 156 Å². The number of ether oxygens (including phenoxy) is 1. The molecule has 3 rings (SSSR count). The number of pyridine rings is 1. The highest BCUT2D eigenvalue weighted by Crippen LogP contribution is 2.21. The van der Waals surface area contributed by atoms with Crippen molar-refractivity contribution >= 4 is 34.8 Å². The first-order valence-electron chi connectivity index (χ1n) is 8.14. The maximum absolute atomic E-state index is 12.5. The molecule has 5 nitrogen and oxygen atoms in total. The van der Waals surface area contributed by atoms with Crippen molar-refractivity contribution < 1.29 is 9.53 Å². The molecule has 0 spiro atoms. The van der Waals surface area contributed by atoms with Crippen LogP contribution in [0.4, 0.5) is 5.69 Å². The maximum atomic E-state index is 12.5. The lowest BCUT2D eigenvalue weighted by molar-refractivity contribution is 0.0299. The van der Waals surface area contributed by atoms with E-state index < -0.39 is 0 Å². The van der Waals surface area contributed by atoms with E-state index in [4.69, 9.17) is 27.9 Å². The summed E-state index contributed by atoms with van der Waals surface area (Å²) in [7, 11) is 0. The SMILES string of the molecule is O=C(c1cc(NCCc2ccc(Cl)cc2Cl)ccn1)N1CCOCC1. The molecule has 2 heterocycles. The van der Waals surface area contributed by atoms with E-state index in [2.05, 4.69) is 10.3 Å². The van der Waals surface area contributed by atoms with Gasteiger partial charge >= 0.3 is 0 Å². The number of aromatic nitrogens is 1. The van der Waals surface area contributed by atoms with Gasteiger partial charge in [0.25, 0.3) is 5.91 Å². The van der Waals surface area contributed by atoms with Gasteiger partial charge in [0.2, 0.25) is 0 Å². The zero-order valence-corrected chi connectivity index (χ0v) is 15.2. The summed E-state index contributed by atoms with van der Waals surface area (Å²) < 4.78 is 5.28. The normalized spacial score (nSPS) is 14.4. The van der Waals surface area contributed by atoms with E-state index in [1.165, 1.54) is 0 Å². The molecule has 0 radical (unpaired) electrons. The Kier molecular flexibility index (Phi) is 6.13. The minimum atomic E-state index is -0.0623. The zero-order valence-electron chi connectivity index (χ0n) is 13.7. The Morgan fingerprint density at radius 1 is 1.20 bits per heavy atom. The maximum Gasteiger partial charge on any atom is 0.272 e. The molecule has 0 aliphatic carbocycles. The summed E-state index contributed by atoms with van der Waals surface area (Å²) in [5.74, 6) is -0.0623. The van der Waals surface area contributed by atoms with Crippen molar-refractivity contribution in [3.63, 3.8) is 0 Å². The predicted molar refractivity (Wildman–Crippen MR) is 99.6 cm³/mol. The highest BCUT2D eigenvalue weighted by atomic mass is 35.5. The number of nitrogens with zero attached hydrogens (tertiary/aromatic N) is 2. The summed E-state index contributed by atoms with van der Waals surface area (Å²) in [6, 6.07) is 9.12. The van der Waals surface area contributed by atoms with Crippen LogP contribution in [0.1, 0.15) is 16.1 Å². The molecular formula is C18H19Cl2N3O2. The van der Waals surface area contributed by atoms with E-state index in [0.717, 1.165) is 17.7 Å². The van der Waals surface area contributed by atoms with E-state index >= 15 is 0 Å². The third-order valence-corrected chi connectivity index (χ3v) is 4.60. The fourth-order valence-corrected chi connectivity index (χ4v) is 3.15. The Hall–Kier alpha value is -1.82. The number of nitrogens with one attached hydrogen (secondary N) is 1. The summed E-state index contributed by atoms with van der Waals surface area (Å²) in [6.45, 7) is 3.05. The number of hydrogen-bond donors (Lipinski definition) is 1. The average molecular weight is 380 g/mol. The van der Waals surface area contributed by atoms with Gasteiger partial charge in [0, 0.05) is 41.6 Å². The van der Waals surface area contributed by atoms with Crippen molar-refractivity contribution in [3.05, 3.63) is 57.8 Å². The minimum absolute atomic E-state index is 0.0623. The molecule has 0 atom stereocenters. The molecule has 0 bridgehead atoms. The topological polar surface area (TPSA) is 54.5 Å². The molecule has 7 heteroatoms. The second-order valence-electron chi connectivity index (χ2n) is 5.75. The third kappa shape index (κ3) is 4.84. The van der Waals surface area contributed by atoms with Crippen molar-refractivity contribution in [2.24, 2.45) is 0 Å². The molecule has 1 aliphatic rings. The first-order valence-corrected chi connectivity index (χ1v) is 8.90. The number of halogens is 2. The monoisotopic (exact) mass is 379 g/mol. The number of carbonyl (C=O) groups excluding carboxylic acids is 1. The largest absolute Gasteiger partial charge is 0.385 e. The number of anilines is 1. The molecule has 1 N–H and O–H groups in total. The summed E-state index contributed by atoms with van der Waals surface area (Å²) in [5.41, 5.74) is 2.32. The molecule has 1 saturated heterocycles. The van der Waals surface area contributed by atoms with E-state index in [9.17, 15) is 4.79 Å². The quantitative estimate of drug-likeness (QED) is 0.863. The van der Waals surface area contributed by atoms with Crippen LogP contribution in [0.15, 0.2) is 36.5 Å². The molecule has 0 unspecified atom stereocenters. The summed E-state index contributed by atoms with van der Waals surface area (Å²) in [6.07, 6.45) is 2.40. The van der Waals surface area contributed by atoms with Gasteiger partial charge in [-0.25, -0.2) is 0 Å². The van der Waals surface area contributed by atoms with Gasteiger partial charge in [-0.15, -0.1) is 0 Å². The highest BCUT2D eigenvalue weighted by molar-refractivity contribution is 6.35. The predicted octanol–water partition coefficient (Wildman–Crippen LogP) is 3.52. The van der Waals surface area contributed by atoms with E-state index in [1.807, 2.05) is 18.2 Å². The number of hydrogen-bond acceptors (Lipinski definition) is 4. The zero-order chi connectivity index (χ0) is 17.6. The first kappa shape index (κ1) is 18.0. The van der Waals surface area contributed by atoms with Crippen molar-refractivity contribution in [2.45, 2.75) is 6.42 Å². The van der Waals surface area contributed by atoms with Crippen LogP contribution in [-0.2, 0) is 11.2 Å². The number of amides is 1. The van der Waals surface area contributed by atoms with Crippen LogP contribution in [0.25, 0.3) is 0 Å². The van der Waals surface area contributed by atoms with Crippen LogP contribution >= 0.6 is 23.2 Å². The Morgan fingerprint density at radius 3 is 2.76 bits per heavy atom. The van der Waals surface area contributed by atoms with Gasteiger partial charge in [-0.2, -0.15) is 0 Å². The Balaban J connectivity index is 1.58. The van der Waals surface area contributed by atoms with Crippen LogP contribution < -0.4 is 5.32 Å². The van der Waals surface area contributed by atoms with Crippen molar-refractivity contribution in [1.82, 2.24) is 9.88 Å². The molecule has 2 aromatic rings. The van der Waals surface area contributed by atoms with Crippen LogP contribution in [0.5, 0.6) is 0 Å². The van der Waals surface area contributed by atoms with E-state index in [1.54, 1.807) is 23.2 Å². The standard InChI is InChI=1S/C18H19Cl2N3O2/c19-14-2-1-13(16(20)11-14)3-5-21-15-4-6-22-17(12-15)18(24)23-7-9-25-10-8-23/h1-2,4,6,11-12H,3,5,7-10H2,(H,21,22). The van der Waals surface area contributed by atoms with E-state index in [0.29, 0.717) is 48.6 Å². The Bertz CT molecular complexity index is 749. The minimum Gasteiger partial charge on any atom is -0.385 e. The van der Waals surface area contributed by atoms with Crippen LogP contribution in [0.3, 0.4) is 0 Å². The van der Waals surface area contributed by atoms with Crippen LogP contribution in [0.2, 0.25) is 10.0 Å². The van der Waals surface area contributed by atoms with Gasteiger partial charge in [-0.05, 0) is 36.2 Å². The second kappa shape index (κ2) is 8.52. The summed E-state index contributed by atoms with van der Waals surface area (Å²) in [5, 5.41) is 4.59. The van der Waals surface area contributed by atoms with Crippen molar-refractivity contribution in [2.75, 3.05) is 38.2 Å². The molecule has 0 saturated carbocycles. The number of morpholine rings is 1. The lowest BCUT2D eigenvalue weighted by Gasteiger charge is -2.26. The number of carbonyl (C=O) groups is 1. The second-order valence-corrected chi connectivity index (χ2v) is 6.59. The third-order valence-electron chi connectivity index (χ3n) is 4.02.